The molecule has 4 rings (SSSR count). The summed E-state index contributed by atoms with van der Waals surface area (Å²) in [6.07, 6.45) is 1.32. The average molecular weight is 409 g/mol. The van der Waals surface area contributed by atoms with E-state index in [1.54, 1.807) is 24.3 Å². The Morgan fingerprint density at radius 2 is 1.97 bits per heavy atom. The molecule has 29 heavy (non-hydrogen) atoms. The van der Waals surface area contributed by atoms with Crippen LogP contribution in [0.2, 0.25) is 5.02 Å². The lowest BCUT2D eigenvalue weighted by Crippen LogP contribution is -2.28. The molecule has 0 aliphatic carbocycles. The minimum absolute atomic E-state index is 0.0759. The fourth-order valence-electron chi connectivity index (χ4n) is 2.97. The third kappa shape index (κ3) is 3.62. The van der Waals surface area contributed by atoms with Crippen LogP contribution < -0.4 is 10.9 Å². The summed E-state index contributed by atoms with van der Waals surface area (Å²) in [4.78, 5) is 29.5. The lowest BCUT2D eigenvalue weighted by molar-refractivity contribution is -0.116. The van der Waals surface area contributed by atoms with Crippen molar-refractivity contribution < 1.29 is 4.79 Å². The second-order valence-corrected chi connectivity index (χ2v) is 7.06. The molecule has 0 spiro atoms. The SMILES string of the molecule is Cc1cccc(NC(=O)Cn2cnc3c(nnn3-c3cccc(Cl)c3)c2=O)c1C. The molecule has 2 aromatic heterocycles. The number of hydrogen-bond acceptors (Lipinski definition) is 5. The van der Waals surface area contributed by atoms with Gasteiger partial charge in [0.05, 0.1) is 5.69 Å². The summed E-state index contributed by atoms with van der Waals surface area (Å²) < 4.78 is 2.64. The van der Waals surface area contributed by atoms with Crippen LogP contribution in [0.1, 0.15) is 11.1 Å². The van der Waals surface area contributed by atoms with E-state index in [1.165, 1.54) is 15.6 Å². The second-order valence-electron chi connectivity index (χ2n) is 6.63. The number of hydrogen-bond donors (Lipinski definition) is 1. The second kappa shape index (κ2) is 7.48. The first-order valence-electron chi connectivity index (χ1n) is 8.87. The number of amides is 1. The quantitative estimate of drug-likeness (QED) is 0.560. The highest BCUT2D eigenvalue weighted by molar-refractivity contribution is 6.30. The minimum Gasteiger partial charge on any atom is -0.324 e. The lowest BCUT2D eigenvalue weighted by Gasteiger charge is -2.11. The van der Waals surface area contributed by atoms with Crippen molar-refractivity contribution in [2.45, 2.75) is 20.4 Å². The number of aromatic nitrogens is 5. The number of carbonyl (C=O) groups excluding carboxylic acids is 1. The molecular weight excluding hydrogens is 392 g/mol. The van der Waals surface area contributed by atoms with E-state index in [0.717, 1.165) is 11.1 Å². The molecule has 2 heterocycles. The van der Waals surface area contributed by atoms with Gasteiger partial charge in [-0.3, -0.25) is 14.2 Å². The number of aryl methyl sites for hydroxylation is 1. The number of benzene rings is 2. The van der Waals surface area contributed by atoms with Crippen LogP contribution in [0.25, 0.3) is 16.9 Å². The summed E-state index contributed by atoms with van der Waals surface area (Å²) >= 11 is 6.02. The van der Waals surface area contributed by atoms with Crippen LogP contribution in [0.4, 0.5) is 5.69 Å². The molecule has 0 saturated carbocycles. The van der Waals surface area contributed by atoms with Gasteiger partial charge in [-0.1, -0.05) is 35.0 Å². The first kappa shape index (κ1) is 18.8. The molecule has 1 N–H and O–H groups in total. The Bertz CT molecular complexity index is 1290. The first-order chi connectivity index (χ1) is 13.9. The summed E-state index contributed by atoms with van der Waals surface area (Å²) in [5, 5.41) is 11.3. The van der Waals surface area contributed by atoms with Gasteiger partial charge in [-0.05, 0) is 49.2 Å². The number of nitrogens with one attached hydrogen (secondary N) is 1. The van der Waals surface area contributed by atoms with Crippen molar-refractivity contribution in [3.05, 3.63) is 75.3 Å². The van der Waals surface area contributed by atoms with Crippen molar-refractivity contribution in [3.63, 3.8) is 0 Å². The van der Waals surface area contributed by atoms with Crippen LogP contribution in [0.15, 0.2) is 53.6 Å². The van der Waals surface area contributed by atoms with E-state index in [-0.39, 0.29) is 18.0 Å². The molecular formula is C20H17ClN6O2. The molecule has 1 amide bonds. The van der Waals surface area contributed by atoms with Gasteiger partial charge >= 0.3 is 0 Å². The third-order valence-electron chi connectivity index (χ3n) is 4.67. The summed E-state index contributed by atoms with van der Waals surface area (Å²) in [7, 11) is 0. The molecule has 4 aromatic rings. The molecule has 0 atom stereocenters. The van der Waals surface area contributed by atoms with Crippen molar-refractivity contribution in [2.75, 3.05) is 5.32 Å². The van der Waals surface area contributed by atoms with Gasteiger partial charge in [0.15, 0.2) is 11.2 Å². The zero-order valence-corrected chi connectivity index (χ0v) is 16.5. The Morgan fingerprint density at radius 3 is 2.76 bits per heavy atom. The summed E-state index contributed by atoms with van der Waals surface area (Å²) in [5.74, 6) is -0.329. The predicted molar refractivity (Wildman–Crippen MR) is 110 cm³/mol. The van der Waals surface area contributed by atoms with Crippen LogP contribution >= 0.6 is 11.6 Å². The van der Waals surface area contributed by atoms with Crippen LogP contribution in [-0.4, -0.2) is 30.5 Å². The van der Waals surface area contributed by atoms with Gasteiger partial charge in [-0.15, -0.1) is 5.10 Å². The number of fused-ring (bicyclic) bond motifs is 1. The predicted octanol–water partition coefficient (Wildman–Crippen LogP) is 2.89. The van der Waals surface area contributed by atoms with Gasteiger partial charge in [0, 0.05) is 10.7 Å². The number of halogens is 1. The van der Waals surface area contributed by atoms with E-state index in [0.29, 0.717) is 22.0 Å². The lowest BCUT2D eigenvalue weighted by atomic mass is 10.1. The largest absolute Gasteiger partial charge is 0.324 e. The molecule has 8 nitrogen and oxygen atoms in total. The first-order valence-corrected chi connectivity index (χ1v) is 9.24. The molecule has 0 aliphatic heterocycles. The molecule has 0 radical (unpaired) electrons. The molecule has 0 saturated heterocycles. The Morgan fingerprint density at radius 1 is 1.17 bits per heavy atom. The molecule has 146 valence electrons. The Labute approximate surface area is 170 Å². The van der Waals surface area contributed by atoms with Gasteiger partial charge in [0.25, 0.3) is 5.56 Å². The van der Waals surface area contributed by atoms with Crippen molar-refractivity contribution in [1.29, 1.82) is 0 Å². The number of anilines is 1. The summed E-state index contributed by atoms with van der Waals surface area (Å²) in [6, 6.07) is 12.6. The van der Waals surface area contributed by atoms with Gasteiger partial charge in [-0.2, -0.15) is 4.68 Å². The number of rotatable bonds is 4. The number of nitrogens with zero attached hydrogens (tertiary/aromatic N) is 5. The normalized spacial score (nSPS) is 11.0. The van der Waals surface area contributed by atoms with Crippen molar-refractivity contribution in [2.24, 2.45) is 0 Å². The van der Waals surface area contributed by atoms with Gasteiger partial charge in [-0.25, -0.2) is 4.98 Å². The van der Waals surface area contributed by atoms with Crippen LogP contribution in [0.3, 0.4) is 0 Å². The maximum absolute atomic E-state index is 12.8. The topological polar surface area (TPSA) is 94.7 Å². The average Bonchev–Trinajstić information content (AvgIpc) is 3.12. The zero-order valence-electron chi connectivity index (χ0n) is 15.8. The molecule has 2 aromatic carbocycles. The van der Waals surface area contributed by atoms with E-state index < -0.39 is 5.56 Å². The Balaban J connectivity index is 1.62. The minimum atomic E-state index is -0.445. The molecule has 0 fully saturated rings. The maximum Gasteiger partial charge on any atom is 0.284 e. The van der Waals surface area contributed by atoms with E-state index in [9.17, 15) is 9.59 Å². The zero-order chi connectivity index (χ0) is 20.5. The van der Waals surface area contributed by atoms with Gasteiger partial charge in [0.1, 0.15) is 12.9 Å². The van der Waals surface area contributed by atoms with Crippen molar-refractivity contribution in [1.82, 2.24) is 24.5 Å². The molecule has 0 aliphatic rings. The van der Waals surface area contributed by atoms with E-state index >= 15 is 0 Å². The van der Waals surface area contributed by atoms with E-state index in [4.69, 9.17) is 11.6 Å². The fraction of sp³-hybridized carbons (Fsp3) is 0.150. The van der Waals surface area contributed by atoms with Gasteiger partial charge < -0.3 is 5.32 Å². The highest BCUT2D eigenvalue weighted by atomic mass is 35.5. The molecule has 0 bridgehead atoms. The maximum atomic E-state index is 12.8. The van der Waals surface area contributed by atoms with Crippen LogP contribution in [-0.2, 0) is 11.3 Å². The monoisotopic (exact) mass is 408 g/mol. The third-order valence-corrected chi connectivity index (χ3v) is 4.91. The standard InChI is InChI=1S/C20H17ClN6O2/c1-12-5-3-8-16(13(12)2)23-17(28)10-26-11-22-19-18(20(26)29)24-25-27(19)15-7-4-6-14(21)9-15/h3-9,11H,10H2,1-2H3,(H,23,28). The molecule has 0 unspecified atom stereocenters. The highest BCUT2D eigenvalue weighted by Gasteiger charge is 2.15. The highest BCUT2D eigenvalue weighted by Crippen LogP contribution is 2.18. The summed E-state index contributed by atoms with van der Waals surface area (Å²) in [6.45, 7) is 3.72. The van der Waals surface area contributed by atoms with E-state index in [1.807, 2.05) is 32.0 Å². The van der Waals surface area contributed by atoms with Crippen LogP contribution in [0.5, 0.6) is 0 Å². The van der Waals surface area contributed by atoms with Gasteiger partial charge in [0.2, 0.25) is 5.91 Å². The van der Waals surface area contributed by atoms with Crippen molar-refractivity contribution in [3.8, 4) is 5.69 Å². The fourth-order valence-corrected chi connectivity index (χ4v) is 3.15. The van der Waals surface area contributed by atoms with Crippen molar-refractivity contribution >= 4 is 34.4 Å². The molecule has 9 heteroatoms. The Hall–Kier alpha value is -3.52. The Kier molecular flexibility index (Phi) is 4.85. The number of carbonyl (C=O) groups is 1. The smallest absolute Gasteiger partial charge is 0.284 e. The van der Waals surface area contributed by atoms with Crippen LogP contribution in [0, 0.1) is 13.8 Å². The van der Waals surface area contributed by atoms with E-state index in [2.05, 4.69) is 20.6 Å². The summed E-state index contributed by atoms with van der Waals surface area (Å²) in [5.41, 5.74) is 3.32.